The molecule has 0 heterocycles. The number of carbonyl (C=O) groups excluding carboxylic acids is 2. The smallest absolute Gasteiger partial charge is 0.312 e. The molecule has 0 amide bonds. The summed E-state index contributed by atoms with van der Waals surface area (Å²) in [6.45, 7) is 7.70. The first kappa shape index (κ1) is 12.1. The lowest BCUT2D eigenvalue weighted by Gasteiger charge is -2.21. The summed E-state index contributed by atoms with van der Waals surface area (Å²) in [7, 11) is -0.412. The fourth-order valence-electron chi connectivity index (χ4n) is 1.19. The molecule has 0 spiro atoms. The van der Waals surface area contributed by atoms with E-state index in [1.54, 1.807) is 6.92 Å². The third-order valence-electron chi connectivity index (χ3n) is 1.91. The molecule has 0 aromatic rings. The lowest BCUT2D eigenvalue weighted by atomic mass is 10.2. The highest BCUT2D eigenvalue weighted by molar-refractivity contribution is 6.84. The summed E-state index contributed by atoms with van der Waals surface area (Å²) in [4.78, 5) is 21.8. The normalized spacial score (nSPS) is 13.0. The van der Waals surface area contributed by atoms with Crippen molar-refractivity contribution in [3.63, 3.8) is 0 Å². The SMILES string of the molecule is COC(=O)C(C)C(=C=O)[Si](C)(C)C. The molecule has 13 heavy (non-hydrogen) atoms. The first-order chi connectivity index (χ1) is 5.84. The minimum Gasteiger partial charge on any atom is -0.469 e. The number of hydrogen-bond acceptors (Lipinski definition) is 3. The van der Waals surface area contributed by atoms with Crippen LogP contribution in [0.25, 0.3) is 0 Å². The zero-order valence-corrected chi connectivity index (χ0v) is 9.80. The molecule has 0 bridgehead atoms. The highest BCUT2D eigenvalue weighted by Crippen LogP contribution is 2.20. The maximum Gasteiger partial charge on any atom is 0.312 e. The Morgan fingerprint density at radius 3 is 2.08 bits per heavy atom. The molecule has 0 fully saturated rings. The van der Waals surface area contributed by atoms with Crippen molar-refractivity contribution < 1.29 is 14.3 Å². The molecule has 0 saturated carbocycles. The summed E-state index contributed by atoms with van der Waals surface area (Å²) in [6.07, 6.45) is 0. The van der Waals surface area contributed by atoms with Crippen LogP contribution in [0.4, 0.5) is 0 Å². The van der Waals surface area contributed by atoms with E-state index in [1.807, 2.05) is 25.6 Å². The van der Waals surface area contributed by atoms with Gasteiger partial charge < -0.3 is 4.74 Å². The van der Waals surface area contributed by atoms with Gasteiger partial charge in [-0.3, -0.25) is 4.79 Å². The van der Waals surface area contributed by atoms with E-state index < -0.39 is 14.0 Å². The van der Waals surface area contributed by atoms with E-state index in [0.717, 1.165) is 0 Å². The predicted octanol–water partition coefficient (Wildman–Crippen LogP) is 1.43. The molecule has 0 rings (SSSR count). The monoisotopic (exact) mass is 200 g/mol. The molecule has 0 N–H and O–H groups in total. The van der Waals surface area contributed by atoms with Gasteiger partial charge in [-0.2, -0.15) is 0 Å². The molecule has 3 nitrogen and oxygen atoms in total. The van der Waals surface area contributed by atoms with E-state index in [0.29, 0.717) is 5.20 Å². The van der Waals surface area contributed by atoms with Gasteiger partial charge >= 0.3 is 5.97 Å². The Balaban J connectivity index is 4.84. The lowest BCUT2D eigenvalue weighted by Crippen LogP contribution is -2.32. The van der Waals surface area contributed by atoms with Crippen LogP contribution in [0, 0.1) is 5.92 Å². The van der Waals surface area contributed by atoms with Crippen molar-refractivity contribution in [2.75, 3.05) is 7.11 Å². The van der Waals surface area contributed by atoms with E-state index >= 15 is 0 Å². The third-order valence-corrected chi connectivity index (χ3v) is 4.06. The summed E-state index contributed by atoms with van der Waals surface area (Å²) in [5, 5.41) is 0.583. The maximum atomic E-state index is 11.2. The molecule has 0 aliphatic heterocycles. The molecule has 0 aliphatic rings. The Morgan fingerprint density at radius 1 is 1.38 bits per heavy atom. The van der Waals surface area contributed by atoms with Gasteiger partial charge in [0.25, 0.3) is 0 Å². The largest absolute Gasteiger partial charge is 0.469 e. The first-order valence-electron chi connectivity index (χ1n) is 4.18. The molecule has 4 heteroatoms. The van der Waals surface area contributed by atoms with Crippen molar-refractivity contribution in [3.8, 4) is 0 Å². The molecular weight excluding hydrogens is 184 g/mol. The van der Waals surface area contributed by atoms with Crippen LogP contribution in [0.5, 0.6) is 0 Å². The fraction of sp³-hybridized carbons (Fsp3) is 0.667. The second kappa shape index (κ2) is 4.39. The van der Waals surface area contributed by atoms with Gasteiger partial charge in [0.2, 0.25) is 0 Å². The van der Waals surface area contributed by atoms with E-state index in [4.69, 9.17) is 0 Å². The number of carbonyl (C=O) groups is 1. The molecule has 74 valence electrons. The number of hydrogen-bond donors (Lipinski definition) is 0. The Kier molecular flexibility index (Phi) is 4.10. The molecule has 1 unspecified atom stereocenters. The van der Waals surface area contributed by atoms with Crippen LogP contribution < -0.4 is 0 Å². The van der Waals surface area contributed by atoms with Gasteiger partial charge in [0.15, 0.2) is 0 Å². The first-order valence-corrected chi connectivity index (χ1v) is 7.68. The van der Waals surface area contributed by atoms with Gasteiger partial charge in [-0.25, -0.2) is 4.79 Å². The highest BCUT2D eigenvalue weighted by Gasteiger charge is 2.30. The molecule has 0 saturated heterocycles. The van der Waals surface area contributed by atoms with Crippen molar-refractivity contribution in [1.29, 1.82) is 0 Å². The third kappa shape index (κ3) is 3.17. The Morgan fingerprint density at radius 2 is 1.85 bits per heavy atom. The molecule has 0 aromatic carbocycles. The average molecular weight is 200 g/mol. The van der Waals surface area contributed by atoms with Crippen molar-refractivity contribution in [1.82, 2.24) is 0 Å². The van der Waals surface area contributed by atoms with Gasteiger partial charge in [-0.1, -0.05) is 19.6 Å². The predicted molar refractivity (Wildman–Crippen MR) is 53.7 cm³/mol. The lowest BCUT2D eigenvalue weighted by molar-refractivity contribution is -0.143. The summed E-state index contributed by atoms with van der Waals surface area (Å²) in [5.74, 6) is 1.07. The quantitative estimate of drug-likeness (QED) is 0.393. The minimum atomic E-state index is -1.74. The molecular formula is C9H16O3Si. The Labute approximate surface area is 79.8 Å². The van der Waals surface area contributed by atoms with Crippen LogP contribution >= 0.6 is 0 Å². The number of ether oxygens (including phenoxy) is 1. The maximum absolute atomic E-state index is 11.2. The van der Waals surface area contributed by atoms with Crippen LogP contribution in [-0.2, 0) is 14.3 Å². The van der Waals surface area contributed by atoms with Crippen LogP contribution in [0.1, 0.15) is 6.92 Å². The Bertz CT molecular complexity index is 246. The van der Waals surface area contributed by atoms with E-state index in [-0.39, 0.29) is 5.97 Å². The van der Waals surface area contributed by atoms with Crippen LogP contribution in [0.3, 0.4) is 0 Å². The van der Waals surface area contributed by atoms with Gasteiger partial charge in [-0.15, -0.1) is 0 Å². The second-order valence-corrected chi connectivity index (χ2v) is 9.05. The zero-order chi connectivity index (χ0) is 10.6. The fourth-order valence-corrected chi connectivity index (χ4v) is 2.91. The van der Waals surface area contributed by atoms with Crippen molar-refractivity contribution in [3.05, 3.63) is 5.20 Å². The van der Waals surface area contributed by atoms with Crippen LogP contribution in [0.2, 0.25) is 19.6 Å². The zero-order valence-electron chi connectivity index (χ0n) is 8.80. The Hall–Kier alpha value is -0.863. The van der Waals surface area contributed by atoms with Gasteiger partial charge in [0, 0.05) is 5.20 Å². The van der Waals surface area contributed by atoms with Gasteiger partial charge in [0.05, 0.1) is 21.1 Å². The summed E-state index contributed by atoms with van der Waals surface area (Å²) in [6, 6.07) is 0. The summed E-state index contributed by atoms with van der Waals surface area (Å²) >= 11 is 0. The number of esters is 1. The van der Waals surface area contributed by atoms with E-state index in [2.05, 4.69) is 4.74 Å². The molecule has 0 aromatic heterocycles. The number of rotatable bonds is 3. The second-order valence-electron chi connectivity index (χ2n) is 4.01. The average Bonchev–Trinajstić information content (AvgIpc) is 2.01. The van der Waals surface area contributed by atoms with Crippen molar-refractivity contribution in [2.24, 2.45) is 5.92 Å². The minimum absolute atomic E-state index is 0.360. The van der Waals surface area contributed by atoms with Crippen molar-refractivity contribution >= 4 is 20.0 Å². The number of methoxy groups -OCH3 is 1. The highest BCUT2D eigenvalue weighted by atomic mass is 28.3. The molecule has 0 radical (unpaired) electrons. The van der Waals surface area contributed by atoms with E-state index in [9.17, 15) is 9.59 Å². The van der Waals surface area contributed by atoms with Crippen molar-refractivity contribution in [2.45, 2.75) is 26.6 Å². The molecule has 0 aliphatic carbocycles. The van der Waals surface area contributed by atoms with Gasteiger partial charge in [-0.05, 0) is 6.92 Å². The van der Waals surface area contributed by atoms with Gasteiger partial charge in [0.1, 0.15) is 5.94 Å². The van der Waals surface area contributed by atoms with Crippen LogP contribution in [-0.4, -0.2) is 27.1 Å². The summed E-state index contributed by atoms with van der Waals surface area (Å²) < 4.78 is 4.57. The van der Waals surface area contributed by atoms with E-state index in [1.165, 1.54) is 7.11 Å². The van der Waals surface area contributed by atoms with Crippen LogP contribution in [0.15, 0.2) is 5.20 Å². The molecule has 1 atom stereocenters. The topological polar surface area (TPSA) is 43.4 Å². The standard InChI is InChI=1S/C9H16O3Si/c1-7(9(11)12-2)8(6-10)13(3,4)5/h7H,1-5H3. The summed E-state index contributed by atoms with van der Waals surface area (Å²) in [5.41, 5.74) is 0.